The maximum absolute atomic E-state index is 5.67. The first-order valence-electron chi connectivity index (χ1n) is 3.46. The van der Waals surface area contributed by atoms with E-state index in [4.69, 9.17) is 39.5 Å². The third-order valence-corrected chi connectivity index (χ3v) is 2.34. The molecule has 4 heteroatoms. The van der Waals surface area contributed by atoms with Gasteiger partial charge in [0.1, 0.15) is 0 Å². The summed E-state index contributed by atoms with van der Waals surface area (Å²) < 4.78 is 3.83. The Hall–Kier alpha value is 0.830. The van der Waals surface area contributed by atoms with Gasteiger partial charge in [-0.3, -0.25) is 0 Å². The lowest BCUT2D eigenvalue weighted by atomic mass is 10.1. The van der Waals surface area contributed by atoms with E-state index >= 15 is 0 Å². The van der Waals surface area contributed by atoms with Gasteiger partial charge in [0.25, 0.3) is 0 Å². The molecule has 0 spiro atoms. The van der Waals surface area contributed by atoms with Gasteiger partial charge in [0.15, 0.2) is 3.79 Å². The maximum atomic E-state index is 5.67. The fraction of sp³-hybridized carbons (Fsp3) is 0.857. The average molecular weight is 219 g/mol. The van der Waals surface area contributed by atoms with Crippen LogP contribution in [0, 0.1) is 12.8 Å². The molecule has 0 heterocycles. The second-order valence-electron chi connectivity index (χ2n) is 2.22. The number of hydrogen-bond donors (Lipinski definition) is 0. The summed E-state index contributed by atoms with van der Waals surface area (Å²) in [5.74, 6) is -0.0470. The van der Waals surface area contributed by atoms with Gasteiger partial charge in [-0.15, -0.1) is 0 Å². The van der Waals surface area contributed by atoms with E-state index in [9.17, 15) is 0 Å². The van der Waals surface area contributed by atoms with Crippen molar-refractivity contribution in [1.82, 2.24) is 0 Å². The molecule has 1 atom stereocenters. The molecule has 0 saturated carbocycles. The van der Waals surface area contributed by atoms with Crippen LogP contribution in [0.5, 0.6) is 0 Å². The van der Waals surface area contributed by atoms with Crippen molar-refractivity contribution in [3.63, 3.8) is 0 Å². The number of ether oxygens (including phenoxy) is 1. The minimum atomic E-state index is -1.22. The molecule has 0 aliphatic carbocycles. The molecule has 0 aliphatic rings. The molecule has 0 aliphatic heterocycles. The Morgan fingerprint density at radius 1 is 1.45 bits per heavy atom. The molecule has 0 N–H and O–H groups in total. The summed E-state index contributed by atoms with van der Waals surface area (Å²) in [6.45, 7) is 6.35. The average Bonchev–Trinajstić information content (AvgIpc) is 1.87. The quantitative estimate of drug-likeness (QED) is 0.658. The highest BCUT2D eigenvalue weighted by Crippen LogP contribution is 2.36. The van der Waals surface area contributed by atoms with E-state index in [0.29, 0.717) is 13.2 Å². The highest BCUT2D eigenvalue weighted by atomic mass is 35.6. The Kier molecular flexibility index (Phi) is 5.88. The maximum Gasteiger partial charge on any atom is 0.195 e. The van der Waals surface area contributed by atoms with Gasteiger partial charge in [-0.1, -0.05) is 41.7 Å². The van der Waals surface area contributed by atoms with Crippen molar-refractivity contribution in [2.24, 2.45) is 5.92 Å². The predicted octanol–water partition coefficient (Wildman–Crippen LogP) is 3.23. The summed E-state index contributed by atoms with van der Waals surface area (Å²) in [6, 6.07) is 0. The van der Waals surface area contributed by atoms with E-state index in [1.54, 1.807) is 0 Å². The van der Waals surface area contributed by atoms with E-state index in [1.807, 2.05) is 6.92 Å². The number of alkyl halides is 3. The fourth-order valence-electron chi connectivity index (χ4n) is 0.669. The molecule has 0 bridgehead atoms. The summed E-state index contributed by atoms with van der Waals surface area (Å²) in [6.07, 6.45) is 0.788. The Bertz CT molecular complexity index is 100. The van der Waals surface area contributed by atoms with Gasteiger partial charge >= 0.3 is 0 Å². The molecule has 11 heavy (non-hydrogen) atoms. The van der Waals surface area contributed by atoms with E-state index in [0.717, 1.165) is 6.42 Å². The van der Waals surface area contributed by atoms with Crippen LogP contribution in [0.2, 0.25) is 0 Å². The minimum Gasteiger partial charge on any atom is -0.381 e. The summed E-state index contributed by atoms with van der Waals surface area (Å²) in [5, 5.41) is 0. The molecule has 1 nitrogen and oxygen atoms in total. The first-order chi connectivity index (χ1) is 5.02. The van der Waals surface area contributed by atoms with Crippen LogP contribution < -0.4 is 0 Å². The minimum absolute atomic E-state index is 0.0470. The van der Waals surface area contributed by atoms with Crippen molar-refractivity contribution in [3.05, 3.63) is 6.92 Å². The molecule has 0 aromatic carbocycles. The van der Waals surface area contributed by atoms with Gasteiger partial charge < -0.3 is 4.74 Å². The number of hydrogen-bond acceptors (Lipinski definition) is 1. The van der Waals surface area contributed by atoms with Crippen LogP contribution in [-0.4, -0.2) is 17.0 Å². The lowest BCUT2D eigenvalue weighted by molar-refractivity contribution is 0.121. The van der Waals surface area contributed by atoms with Gasteiger partial charge in [-0.05, 0) is 13.3 Å². The third-order valence-electron chi connectivity index (χ3n) is 1.42. The van der Waals surface area contributed by atoms with E-state index < -0.39 is 3.79 Å². The number of halogens is 3. The summed E-state index contributed by atoms with van der Waals surface area (Å²) in [4.78, 5) is 0. The van der Waals surface area contributed by atoms with E-state index in [1.165, 1.54) is 0 Å². The van der Waals surface area contributed by atoms with Crippen LogP contribution in [0.4, 0.5) is 0 Å². The molecule has 0 fully saturated rings. The SMILES string of the molecule is [CH2]COCC(CC)C(Cl)(Cl)Cl. The first kappa shape index (κ1) is 11.8. The normalized spacial score (nSPS) is 15.0. The molecule has 0 saturated heterocycles. The van der Waals surface area contributed by atoms with Crippen LogP contribution in [0.1, 0.15) is 13.3 Å². The Morgan fingerprint density at radius 2 is 2.00 bits per heavy atom. The number of rotatable bonds is 4. The molecule has 0 rings (SSSR count). The van der Waals surface area contributed by atoms with Crippen molar-refractivity contribution in [3.8, 4) is 0 Å². The molecular formula is C7H12Cl3O. The molecular weight excluding hydrogens is 206 g/mol. The lowest BCUT2D eigenvalue weighted by Crippen LogP contribution is -2.23. The van der Waals surface area contributed by atoms with Gasteiger partial charge in [0.2, 0.25) is 0 Å². The van der Waals surface area contributed by atoms with Gasteiger partial charge in [-0.2, -0.15) is 0 Å². The zero-order valence-corrected chi connectivity index (χ0v) is 8.72. The van der Waals surface area contributed by atoms with Gasteiger partial charge in [-0.25, -0.2) is 0 Å². The van der Waals surface area contributed by atoms with E-state index in [2.05, 4.69) is 6.92 Å². The zero-order valence-electron chi connectivity index (χ0n) is 6.45. The second kappa shape index (κ2) is 5.47. The fourth-order valence-corrected chi connectivity index (χ4v) is 1.32. The lowest BCUT2D eigenvalue weighted by Gasteiger charge is -2.22. The van der Waals surface area contributed by atoms with Crippen LogP contribution >= 0.6 is 34.8 Å². The summed E-state index contributed by atoms with van der Waals surface area (Å²) in [7, 11) is 0. The summed E-state index contributed by atoms with van der Waals surface area (Å²) >= 11 is 17.0. The van der Waals surface area contributed by atoms with Crippen LogP contribution in [0.15, 0.2) is 0 Å². The van der Waals surface area contributed by atoms with E-state index in [-0.39, 0.29) is 5.92 Å². The standard InChI is InChI=1S/C7H12Cl3O/c1-3-6(5-11-4-2)7(8,9)10/h6H,2-5H2,1H3. The topological polar surface area (TPSA) is 9.23 Å². The molecule has 0 aromatic rings. The summed E-state index contributed by atoms with van der Waals surface area (Å²) in [5.41, 5.74) is 0. The molecule has 67 valence electrons. The Labute approximate surface area is 83.0 Å². The first-order valence-corrected chi connectivity index (χ1v) is 4.59. The monoisotopic (exact) mass is 217 g/mol. The predicted molar refractivity (Wildman–Crippen MR) is 50.2 cm³/mol. The largest absolute Gasteiger partial charge is 0.381 e. The third kappa shape index (κ3) is 5.13. The highest BCUT2D eigenvalue weighted by molar-refractivity contribution is 6.67. The van der Waals surface area contributed by atoms with Crippen LogP contribution in [-0.2, 0) is 4.74 Å². The van der Waals surface area contributed by atoms with Crippen molar-refractivity contribution >= 4 is 34.8 Å². The Balaban J connectivity index is 3.76. The molecule has 0 aromatic heterocycles. The molecule has 1 unspecified atom stereocenters. The van der Waals surface area contributed by atoms with Crippen LogP contribution in [0.3, 0.4) is 0 Å². The molecule has 1 radical (unpaired) electrons. The van der Waals surface area contributed by atoms with Crippen molar-refractivity contribution < 1.29 is 4.74 Å². The molecule has 0 amide bonds. The van der Waals surface area contributed by atoms with Crippen molar-refractivity contribution in [1.29, 1.82) is 0 Å². The van der Waals surface area contributed by atoms with Crippen molar-refractivity contribution in [2.75, 3.05) is 13.2 Å². The van der Waals surface area contributed by atoms with Crippen molar-refractivity contribution in [2.45, 2.75) is 17.1 Å². The highest BCUT2D eigenvalue weighted by Gasteiger charge is 2.30. The van der Waals surface area contributed by atoms with Crippen LogP contribution in [0.25, 0.3) is 0 Å². The smallest absolute Gasteiger partial charge is 0.195 e. The van der Waals surface area contributed by atoms with Gasteiger partial charge in [0.05, 0.1) is 6.61 Å². The second-order valence-corrected chi connectivity index (χ2v) is 4.59. The van der Waals surface area contributed by atoms with Gasteiger partial charge in [0, 0.05) is 12.5 Å². The Morgan fingerprint density at radius 3 is 2.27 bits per heavy atom. The zero-order chi connectivity index (χ0) is 8.91.